The van der Waals surface area contributed by atoms with Crippen molar-refractivity contribution in [1.29, 1.82) is 0 Å². The number of H-pyrrole nitrogens is 2. The molecular formula is C16H21N5OS. The predicted molar refractivity (Wildman–Crippen MR) is 95.3 cm³/mol. The molecule has 1 aliphatic heterocycles. The first-order valence-corrected chi connectivity index (χ1v) is 8.50. The van der Waals surface area contributed by atoms with E-state index in [2.05, 4.69) is 33.4 Å². The number of allylic oxidation sites excluding steroid dienone is 2. The van der Waals surface area contributed by atoms with E-state index in [0.717, 1.165) is 42.6 Å². The van der Waals surface area contributed by atoms with Gasteiger partial charge >= 0.3 is 5.69 Å². The van der Waals surface area contributed by atoms with Gasteiger partial charge in [-0.2, -0.15) is 0 Å². The van der Waals surface area contributed by atoms with Crippen LogP contribution in [0.3, 0.4) is 0 Å². The van der Waals surface area contributed by atoms with Gasteiger partial charge in [0.05, 0.1) is 16.4 Å². The maximum atomic E-state index is 11.5. The third-order valence-electron chi connectivity index (χ3n) is 3.95. The standard InChI is InChI=1S/C16H21N5OS/c1-4-5-12(14-11(2)17-15(22)19-14)13-10-23-16(18-13)21-8-6-20(3)7-9-21/h4-5,10H,2,6-9H2,1,3H3,(H2,17,19,22)/b5-4-,14-12-. The average molecular weight is 331 g/mol. The van der Waals surface area contributed by atoms with Crippen molar-refractivity contribution in [2.45, 2.75) is 6.92 Å². The zero-order valence-electron chi connectivity index (χ0n) is 13.4. The van der Waals surface area contributed by atoms with Crippen LogP contribution in [0.2, 0.25) is 0 Å². The Hall–Kier alpha value is -2.12. The summed E-state index contributed by atoms with van der Waals surface area (Å²) in [5.41, 5.74) is 1.50. The lowest BCUT2D eigenvalue weighted by Gasteiger charge is -2.32. The molecule has 23 heavy (non-hydrogen) atoms. The van der Waals surface area contributed by atoms with Gasteiger partial charge in [-0.15, -0.1) is 11.3 Å². The van der Waals surface area contributed by atoms with Crippen molar-refractivity contribution in [2.75, 3.05) is 38.1 Å². The van der Waals surface area contributed by atoms with Gasteiger partial charge in [-0.1, -0.05) is 18.7 Å². The highest BCUT2D eigenvalue weighted by atomic mass is 32.1. The molecule has 6 nitrogen and oxygen atoms in total. The summed E-state index contributed by atoms with van der Waals surface area (Å²) in [5, 5.41) is 4.34. The second kappa shape index (κ2) is 6.55. The molecule has 7 heteroatoms. The van der Waals surface area contributed by atoms with Gasteiger partial charge in [0.2, 0.25) is 0 Å². The molecule has 1 fully saturated rings. The topological polar surface area (TPSA) is 68.0 Å². The second-order valence-electron chi connectivity index (χ2n) is 5.65. The van der Waals surface area contributed by atoms with E-state index in [-0.39, 0.29) is 5.69 Å². The number of thiazole rings is 1. The van der Waals surface area contributed by atoms with Crippen molar-refractivity contribution in [3.8, 4) is 0 Å². The minimum absolute atomic E-state index is 0.249. The third kappa shape index (κ3) is 3.30. The molecule has 2 aromatic rings. The first-order chi connectivity index (χ1) is 11.1. The first kappa shape index (κ1) is 15.8. The van der Waals surface area contributed by atoms with E-state index >= 15 is 0 Å². The smallest absolute Gasteiger partial charge is 0.323 e. The van der Waals surface area contributed by atoms with Crippen LogP contribution in [-0.2, 0) is 0 Å². The van der Waals surface area contributed by atoms with E-state index < -0.39 is 0 Å². The van der Waals surface area contributed by atoms with Gasteiger partial charge in [0, 0.05) is 37.1 Å². The molecule has 2 aromatic heterocycles. The number of hydrogen-bond acceptors (Lipinski definition) is 5. The number of anilines is 1. The van der Waals surface area contributed by atoms with Crippen LogP contribution in [0.25, 0.3) is 12.2 Å². The number of nitrogens with one attached hydrogen (secondary N) is 2. The molecule has 0 aromatic carbocycles. The Kier molecular flexibility index (Phi) is 4.49. The van der Waals surface area contributed by atoms with E-state index in [4.69, 9.17) is 4.98 Å². The van der Waals surface area contributed by atoms with Crippen LogP contribution in [0.5, 0.6) is 0 Å². The van der Waals surface area contributed by atoms with Crippen LogP contribution < -0.4 is 21.3 Å². The van der Waals surface area contributed by atoms with Crippen LogP contribution in [-0.4, -0.2) is 53.1 Å². The van der Waals surface area contributed by atoms with Crippen LogP contribution in [0.4, 0.5) is 5.13 Å². The molecular weight excluding hydrogens is 310 g/mol. The van der Waals surface area contributed by atoms with Crippen LogP contribution in [0.15, 0.2) is 22.3 Å². The number of imidazole rings is 1. The summed E-state index contributed by atoms with van der Waals surface area (Å²) in [5.74, 6) is 0. The van der Waals surface area contributed by atoms with Crippen molar-refractivity contribution >= 4 is 28.6 Å². The second-order valence-corrected chi connectivity index (χ2v) is 6.49. The maximum Gasteiger partial charge on any atom is 0.323 e. The summed E-state index contributed by atoms with van der Waals surface area (Å²) in [6, 6.07) is 0. The number of aromatic amines is 2. The fourth-order valence-corrected chi connectivity index (χ4v) is 3.52. The Labute approximate surface area is 138 Å². The predicted octanol–water partition coefficient (Wildman–Crippen LogP) is 0.0967. The van der Waals surface area contributed by atoms with Gasteiger partial charge in [0.15, 0.2) is 5.13 Å². The zero-order valence-corrected chi connectivity index (χ0v) is 14.2. The zero-order chi connectivity index (χ0) is 16.4. The normalized spacial score (nSPS) is 17.9. The molecule has 1 aliphatic rings. The Balaban J connectivity index is 2.00. The first-order valence-electron chi connectivity index (χ1n) is 7.62. The van der Waals surface area contributed by atoms with Crippen molar-refractivity contribution in [1.82, 2.24) is 19.9 Å². The molecule has 2 N–H and O–H groups in total. The quantitative estimate of drug-likeness (QED) is 0.837. The van der Waals surface area contributed by atoms with Crippen LogP contribution >= 0.6 is 11.3 Å². The Bertz CT molecular complexity index is 867. The number of piperazine rings is 1. The molecule has 0 atom stereocenters. The van der Waals surface area contributed by atoms with Gasteiger partial charge in [-0.3, -0.25) is 0 Å². The lowest BCUT2D eigenvalue weighted by atomic mass is 10.2. The molecule has 0 aliphatic carbocycles. The molecule has 0 unspecified atom stereocenters. The van der Waals surface area contributed by atoms with Gasteiger partial charge in [-0.05, 0) is 14.0 Å². The third-order valence-corrected chi connectivity index (χ3v) is 4.85. The summed E-state index contributed by atoms with van der Waals surface area (Å²) >= 11 is 1.64. The van der Waals surface area contributed by atoms with E-state index in [0.29, 0.717) is 10.7 Å². The highest BCUT2D eigenvalue weighted by Gasteiger charge is 2.18. The fourth-order valence-electron chi connectivity index (χ4n) is 2.64. The molecule has 0 saturated carbocycles. The lowest BCUT2D eigenvalue weighted by molar-refractivity contribution is 0.312. The maximum absolute atomic E-state index is 11.5. The molecule has 122 valence electrons. The summed E-state index contributed by atoms with van der Waals surface area (Å²) in [4.78, 5) is 26.4. The molecule has 0 amide bonds. The van der Waals surface area contributed by atoms with Gasteiger partial charge in [0.25, 0.3) is 0 Å². The number of hydrogen-bond donors (Lipinski definition) is 2. The molecule has 3 rings (SSSR count). The Morgan fingerprint density at radius 2 is 2.09 bits per heavy atom. The molecule has 1 saturated heterocycles. The minimum atomic E-state index is -0.249. The van der Waals surface area contributed by atoms with E-state index in [1.807, 2.05) is 24.5 Å². The molecule has 3 heterocycles. The number of rotatable bonds is 3. The summed E-state index contributed by atoms with van der Waals surface area (Å²) in [7, 11) is 2.14. The molecule has 0 bridgehead atoms. The van der Waals surface area contributed by atoms with E-state index in [1.54, 1.807) is 11.3 Å². The van der Waals surface area contributed by atoms with Crippen molar-refractivity contribution in [3.63, 3.8) is 0 Å². The Morgan fingerprint density at radius 1 is 1.35 bits per heavy atom. The van der Waals surface area contributed by atoms with Crippen molar-refractivity contribution < 1.29 is 0 Å². The highest BCUT2D eigenvalue weighted by Crippen LogP contribution is 2.25. The fraction of sp³-hybridized carbons (Fsp3) is 0.375. The highest BCUT2D eigenvalue weighted by molar-refractivity contribution is 7.13. The van der Waals surface area contributed by atoms with Gasteiger partial charge < -0.3 is 19.8 Å². The van der Waals surface area contributed by atoms with Crippen LogP contribution in [0, 0.1) is 0 Å². The average Bonchev–Trinajstić information content (AvgIpc) is 3.12. The summed E-state index contributed by atoms with van der Waals surface area (Å²) in [6.45, 7) is 9.92. The number of aromatic nitrogens is 3. The summed E-state index contributed by atoms with van der Waals surface area (Å²) in [6.07, 6.45) is 3.89. The monoisotopic (exact) mass is 331 g/mol. The number of likely N-dealkylation sites (N-methyl/N-ethyl adjacent to an activating group) is 1. The van der Waals surface area contributed by atoms with E-state index in [9.17, 15) is 4.79 Å². The van der Waals surface area contributed by atoms with Crippen molar-refractivity contribution in [2.24, 2.45) is 0 Å². The summed E-state index contributed by atoms with van der Waals surface area (Å²) < 4.78 is 0. The minimum Gasteiger partial charge on any atom is -0.346 e. The Morgan fingerprint density at radius 3 is 2.70 bits per heavy atom. The SMILES string of the molecule is C=c1[nH]c(=O)[nH]/c1=C(/C=C\C)c1csc(N2CCN(C)CC2)n1. The van der Waals surface area contributed by atoms with Gasteiger partial charge in [-0.25, -0.2) is 9.78 Å². The van der Waals surface area contributed by atoms with Gasteiger partial charge in [0.1, 0.15) is 0 Å². The molecule has 0 radical (unpaired) electrons. The molecule has 0 spiro atoms. The van der Waals surface area contributed by atoms with E-state index in [1.165, 1.54) is 0 Å². The largest absolute Gasteiger partial charge is 0.346 e. The van der Waals surface area contributed by atoms with Crippen molar-refractivity contribution in [3.05, 3.63) is 44.4 Å². The van der Waals surface area contributed by atoms with Crippen LogP contribution in [0.1, 0.15) is 12.6 Å². The lowest BCUT2D eigenvalue weighted by Crippen LogP contribution is -2.44. The number of nitrogens with zero attached hydrogens (tertiary/aromatic N) is 3.